The fraction of sp³-hybridized carbons (Fsp3) is 0.263. The number of nitro groups is 1. The number of amides is 2. The van der Waals surface area contributed by atoms with Gasteiger partial charge in [-0.2, -0.15) is 30.7 Å². The molecule has 0 aliphatic carbocycles. The van der Waals surface area contributed by atoms with Gasteiger partial charge in [-0.1, -0.05) is 6.07 Å². The van der Waals surface area contributed by atoms with E-state index in [4.69, 9.17) is 0 Å². The van der Waals surface area contributed by atoms with Crippen LogP contribution in [0.4, 0.5) is 47.8 Å². The molecule has 202 valence electrons. The van der Waals surface area contributed by atoms with Gasteiger partial charge in [-0.25, -0.2) is 4.21 Å². The topological polar surface area (TPSA) is 135 Å². The van der Waals surface area contributed by atoms with E-state index in [2.05, 4.69) is 10.6 Å². The van der Waals surface area contributed by atoms with Gasteiger partial charge in [0.25, 0.3) is 5.69 Å². The van der Waals surface area contributed by atoms with Gasteiger partial charge in [-0.05, 0) is 30.3 Å². The second-order valence-electron chi connectivity index (χ2n) is 7.04. The van der Waals surface area contributed by atoms with E-state index < -0.39 is 76.9 Å². The minimum absolute atomic E-state index is 0.0124. The molecule has 2 aromatic carbocycles. The zero-order valence-corrected chi connectivity index (χ0v) is 19.7. The summed E-state index contributed by atoms with van der Waals surface area (Å²) in [5, 5.41) is 9.86. The van der Waals surface area contributed by atoms with Crippen molar-refractivity contribution in [3.63, 3.8) is 0 Å². The van der Waals surface area contributed by atoms with Gasteiger partial charge in [0.05, 0.1) is 20.6 Å². The fourth-order valence-electron chi connectivity index (χ4n) is 2.65. The number of carbonyl (C=O) groups is 2. The van der Waals surface area contributed by atoms with Crippen molar-refractivity contribution in [3.05, 3.63) is 52.6 Å². The van der Waals surface area contributed by atoms with E-state index in [1.807, 2.05) is 0 Å². The monoisotopic (exact) mass is 577 g/mol. The highest BCUT2D eigenvalue weighted by atomic mass is 32.2. The van der Waals surface area contributed by atoms with Crippen LogP contribution in [-0.4, -0.2) is 48.3 Å². The highest BCUT2D eigenvalue weighted by molar-refractivity contribution is 7.86. The maximum Gasteiger partial charge on any atom is 0.461 e. The van der Waals surface area contributed by atoms with Crippen molar-refractivity contribution < 1.29 is 53.7 Å². The van der Waals surface area contributed by atoms with Crippen molar-refractivity contribution in [2.75, 3.05) is 16.4 Å². The number of benzene rings is 2. The number of hydrogen-bond acceptors (Lipinski definition) is 6. The molecule has 0 saturated heterocycles. The molecule has 9 nitrogen and oxygen atoms in total. The van der Waals surface area contributed by atoms with E-state index in [1.165, 1.54) is 31.2 Å². The number of nitrogens with one attached hydrogen (secondary N) is 2. The molecule has 0 aliphatic heterocycles. The standard InChI is InChI=1S/C19H14F7N3O6S2/c1-10(30)27-11-3-2-4-12(7-11)28-16(31)9-36(34)15-6-5-13(8-14(15)29(32)33)37(35)19(25,26)17(20,21)18(22,23)24/h2-8H,9H2,1H3,(H,27,30)(H,28,31). The summed E-state index contributed by atoms with van der Waals surface area (Å²) in [6.07, 6.45) is -6.78. The average Bonchev–Trinajstić information content (AvgIpc) is 2.76. The van der Waals surface area contributed by atoms with Crippen LogP contribution in [0.25, 0.3) is 0 Å². The molecule has 2 rings (SSSR count). The number of anilines is 2. The van der Waals surface area contributed by atoms with Crippen LogP contribution in [0.15, 0.2) is 52.3 Å². The van der Waals surface area contributed by atoms with E-state index in [0.29, 0.717) is 17.8 Å². The summed E-state index contributed by atoms with van der Waals surface area (Å²) in [7, 11) is -6.96. The van der Waals surface area contributed by atoms with Gasteiger partial charge in [0.1, 0.15) is 21.4 Å². The third kappa shape index (κ3) is 6.68. The van der Waals surface area contributed by atoms with E-state index in [-0.39, 0.29) is 11.8 Å². The Bertz CT molecular complexity index is 1290. The van der Waals surface area contributed by atoms with E-state index in [1.54, 1.807) is 0 Å². The van der Waals surface area contributed by atoms with Gasteiger partial charge in [0.2, 0.25) is 11.8 Å². The lowest BCUT2D eigenvalue weighted by atomic mass is 10.2. The quantitative estimate of drug-likeness (QED) is 0.261. The first-order chi connectivity index (χ1) is 16.9. The number of nitrogens with zero attached hydrogens (tertiary/aromatic N) is 1. The molecule has 18 heteroatoms. The van der Waals surface area contributed by atoms with Crippen molar-refractivity contribution in [1.29, 1.82) is 0 Å². The highest BCUT2D eigenvalue weighted by Gasteiger charge is 2.76. The van der Waals surface area contributed by atoms with Crippen LogP contribution < -0.4 is 10.6 Å². The second-order valence-corrected chi connectivity index (χ2v) is 9.99. The van der Waals surface area contributed by atoms with Crippen LogP contribution >= 0.6 is 0 Å². The predicted octanol–water partition coefficient (Wildman–Crippen LogP) is 4.20. The third-order valence-electron chi connectivity index (χ3n) is 4.27. The largest absolute Gasteiger partial charge is 0.461 e. The lowest BCUT2D eigenvalue weighted by Gasteiger charge is -2.27. The highest BCUT2D eigenvalue weighted by Crippen LogP contribution is 2.49. The number of hydrogen-bond donors (Lipinski definition) is 2. The molecule has 0 radical (unpaired) electrons. The molecule has 0 saturated carbocycles. The number of rotatable bonds is 9. The van der Waals surface area contributed by atoms with Crippen molar-refractivity contribution in [3.8, 4) is 0 Å². The normalized spacial score (nSPS) is 13.9. The van der Waals surface area contributed by atoms with Crippen LogP contribution in [0, 0.1) is 10.1 Å². The summed E-state index contributed by atoms with van der Waals surface area (Å²) in [6.45, 7) is 1.23. The number of nitro benzene ring substituents is 1. The lowest BCUT2D eigenvalue weighted by Crippen LogP contribution is -2.54. The number of carbonyl (C=O) groups excluding carboxylic acids is 2. The smallest absolute Gasteiger partial charge is 0.326 e. The Morgan fingerprint density at radius 2 is 1.51 bits per heavy atom. The van der Waals surface area contributed by atoms with Crippen LogP contribution in [0.3, 0.4) is 0 Å². The summed E-state index contributed by atoms with van der Waals surface area (Å²) in [5.74, 6) is -9.05. The minimum atomic E-state index is -6.78. The van der Waals surface area contributed by atoms with Crippen molar-refractivity contribution >= 4 is 50.5 Å². The molecule has 2 amide bonds. The Hall–Kier alpha value is -3.41. The summed E-state index contributed by atoms with van der Waals surface area (Å²) in [6, 6.07) is 6.40. The summed E-state index contributed by atoms with van der Waals surface area (Å²) in [4.78, 5) is 31.1. The van der Waals surface area contributed by atoms with E-state index >= 15 is 0 Å². The first kappa shape index (κ1) is 29.8. The third-order valence-corrected chi connectivity index (χ3v) is 7.03. The van der Waals surface area contributed by atoms with Crippen molar-refractivity contribution in [1.82, 2.24) is 0 Å². The fourth-order valence-corrected chi connectivity index (χ4v) is 4.76. The van der Waals surface area contributed by atoms with E-state index in [0.717, 1.165) is 0 Å². The van der Waals surface area contributed by atoms with Crippen molar-refractivity contribution in [2.45, 2.75) is 34.1 Å². The molecule has 0 aromatic heterocycles. The first-order valence-electron chi connectivity index (χ1n) is 9.47. The lowest BCUT2D eigenvalue weighted by molar-refractivity contribution is -0.388. The molecule has 37 heavy (non-hydrogen) atoms. The van der Waals surface area contributed by atoms with Gasteiger partial charge >= 0.3 is 17.4 Å². The molecule has 0 aliphatic rings. The van der Waals surface area contributed by atoms with Crippen LogP contribution in [-0.2, 0) is 31.2 Å². The Morgan fingerprint density at radius 3 is 2.03 bits per heavy atom. The van der Waals surface area contributed by atoms with Crippen LogP contribution in [0.2, 0.25) is 0 Å². The van der Waals surface area contributed by atoms with Crippen LogP contribution in [0.1, 0.15) is 6.92 Å². The van der Waals surface area contributed by atoms with Gasteiger partial charge < -0.3 is 10.6 Å². The Balaban J connectivity index is 2.29. The van der Waals surface area contributed by atoms with Crippen LogP contribution in [0.5, 0.6) is 0 Å². The molecule has 0 heterocycles. The Labute approximate surface area is 207 Å². The molecule has 0 fully saturated rings. The zero-order chi connectivity index (χ0) is 28.3. The molecule has 2 atom stereocenters. The molecule has 2 unspecified atom stereocenters. The van der Waals surface area contributed by atoms with Gasteiger partial charge in [0, 0.05) is 24.4 Å². The Kier molecular flexibility index (Phi) is 8.79. The first-order valence-corrected chi connectivity index (χ1v) is 11.9. The molecular formula is C19H14F7N3O6S2. The average molecular weight is 577 g/mol. The van der Waals surface area contributed by atoms with Gasteiger partial charge in [-0.15, -0.1) is 0 Å². The molecular weight excluding hydrogens is 563 g/mol. The SMILES string of the molecule is CC(=O)Nc1cccc(NC(=O)CS(=O)c2ccc(S(=O)C(F)(F)C(F)(F)C(F)(F)F)cc2[N+](=O)[O-])c1. The number of halogens is 7. The molecule has 2 N–H and O–H groups in total. The summed E-state index contributed by atoms with van der Waals surface area (Å²) in [5.41, 5.74) is -0.893. The minimum Gasteiger partial charge on any atom is -0.326 e. The second kappa shape index (κ2) is 10.9. The zero-order valence-electron chi connectivity index (χ0n) is 18.1. The predicted molar refractivity (Wildman–Crippen MR) is 116 cm³/mol. The maximum absolute atomic E-state index is 13.8. The van der Waals surface area contributed by atoms with Gasteiger partial charge in [0.15, 0.2) is 0 Å². The summed E-state index contributed by atoms with van der Waals surface area (Å²) < 4.78 is 115. The van der Waals surface area contributed by atoms with E-state index in [9.17, 15) is 58.9 Å². The molecule has 0 spiro atoms. The summed E-state index contributed by atoms with van der Waals surface area (Å²) >= 11 is 0. The number of alkyl halides is 7. The Morgan fingerprint density at radius 1 is 0.946 bits per heavy atom. The molecule has 0 bridgehead atoms. The van der Waals surface area contributed by atoms with Crippen molar-refractivity contribution in [2.24, 2.45) is 0 Å². The molecule has 2 aromatic rings. The maximum atomic E-state index is 13.8. The van der Waals surface area contributed by atoms with Gasteiger partial charge in [-0.3, -0.25) is 23.9 Å².